The van der Waals surface area contributed by atoms with E-state index < -0.39 is 0 Å². The van der Waals surface area contributed by atoms with Crippen LogP contribution in [0.5, 0.6) is 0 Å². The smallest absolute Gasteiger partial charge is 0.183 e. The summed E-state index contributed by atoms with van der Waals surface area (Å²) in [5.74, 6) is 1.49. The fourth-order valence-electron chi connectivity index (χ4n) is 1.69. The van der Waals surface area contributed by atoms with Gasteiger partial charge in [-0.15, -0.1) is 11.3 Å². The minimum absolute atomic E-state index is 0.689. The molecule has 0 fully saturated rings. The number of H-pyrrole nitrogens is 1. The van der Waals surface area contributed by atoms with E-state index in [1.165, 1.54) is 5.56 Å². The number of aryl methyl sites for hydroxylation is 1. The minimum atomic E-state index is 0.689. The number of hydrogen-bond donors (Lipinski definition) is 2. The van der Waals surface area contributed by atoms with Crippen molar-refractivity contribution in [2.75, 3.05) is 5.32 Å². The number of imidazole rings is 1. The van der Waals surface area contributed by atoms with Crippen molar-refractivity contribution >= 4 is 44.2 Å². The van der Waals surface area contributed by atoms with Crippen molar-refractivity contribution in [1.82, 2.24) is 19.9 Å². The first-order valence-electron chi connectivity index (χ1n) is 5.37. The average Bonchev–Trinajstić information content (AvgIpc) is 2.94. The lowest BCUT2D eigenvalue weighted by atomic mass is 10.3. The Kier molecular flexibility index (Phi) is 3.00. The molecular formula is C11H10BrN5S. The number of thiophene rings is 1. The quantitative estimate of drug-likeness (QED) is 0.777. The Morgan fingerprint density at radius 2 is 2.33 bits per heavy atom. The molecule has 0 radical (unpaired) electrons. The molecule has 92 valence electrons. The number of halogens is 1. The molecule has 0 aliphatic carbocycles. The molecule has 7 heteroatoms. The van der Waals surface area contributed by atoms with Crippen molar-refractivity contribution in [2.45, 2.75) is 13.5 Å². The number of fused-ring (bicyclic) bond motifs is 1. The van der Waals surface area contributed by atoms with Gasteiger partial charge in [0.25, 0.3) is 0 Å². The maximum Gasteiger partial charge on any atom is 0.183 e. The van der Waals surface area contributed by atoms with E-state index >= 15 is 0 Å². The van der Waals surface area contributed by atoms with Crippen molar-refractivity contribution < 1.29 is 0 Å². The van der Waals surface area contributed by atoms with Gasteiger partial charge in [-0.05, 0) is 39.9 Å². The standard InChI is InChI=1S/C11H10BrN5S/c1-6-16-10(8-11(17-6)15-5-14-8)13-4-7-2-3-18-9(7)12/h2-3,5H,4H2,1H3,(H2,13,14,15,16,17). The monoisotopic (exact) mass is 323 g/mol. The maximum atomic E-state index is 4.40. The molecule has 0 bridgehead atoms. The lowest BCUT2D eigenvalue weighted by molar-refractivity contribution is 1.04. The van der Waals surface area contributed by atoms with Crippen molar-refractivity contribution in [3.8, 4) is 0 Å². The molecular weight excluding hydrogens is 314 g/mol. The Bertz CT molecular complexity index is 690. The van der Waals surface area contributed by atoms with Crippen LogP contribution in [0.1, 0.15) is 11.4 Å². The second kappa shape index (κ2) is 4.66. The van der Waals surface area contributed by atoms with Crippen molar-refractivity contribution in [3.63, 3.8) is 0 Å². The van der Waals surface area contributed by atoms with Gasteiger partial charge in [-0.3, -0.25) is 0 Å². The minimum Gasteiger partial charge on any atom is -0.364 e. The van der Waals surface area contributed by atoms with Crippen LogP contribution < -0.4 is 5.32 Å². The summed E-state index contributed by atoms with van der Waals surface area (Å²) in [7, 11) is 0. The van der Waals surface area contributed by atoms with Gasteiger partial charge < -0.3 is 10.3 Å². The third-order valence-corrected chi connectivity index (χ3v) is 4.35. The van der Waals surface area contributed by atoms with Crippen LogP contribution in [0.15, 0.2) is 21.6 Å². The highest BCUT2D eigenvalue weighted by Crippen LogP contribution is 2.25. The summed E-state index contributed by atoms with van der Waals surface area (Å²) in [6.07, 6.45) is 1.63. The molecule has 0 unspecified atom stereocenters. The number of anilines is 1. The number of aromatic amines is 1. The van der Waals surface area contributed by atoms with E-state index in [-0.39, 0.29) is 0 Å². The number of nitrogens with one attached hydrogen (secondary N) is 2. The van der Waals surface area contributed by atoms with Gasteiger partial charge in [0.15, 0.2) is 11.5 Å². The average molecular weight is 324 g/mol. The summed E-state index contributed by atoms with van der Waals surface area (Å²) in [6.45, 7) is 2.58. The van der Waals surface area contributed by atoms with Crippen LogP contribution in [0.4, 0.5) is 5.82 Å². The first kappa shape index (κ1) is 11.6. The van der Waals surface area contributed by atoms with Crippen LogP contribution in [-0.2, 0) is 6.54 Å². The van der Waals surface area contributed by atoms with Gasteiger partial charge >= 0.3 is 0 Å². The van der Waals surface area contributed by atoms with E-state index in [1.807, 2.05) is 6.92 Å². The summed E-state index contributed by atoms with van der Waals surface area (Å²) >= 11 is 5.19. The molecule has 0 saturated carbocycles. The topological polar surface area (TPSA) is 66.5 Å². The molecule has 0 aliphatic rings. The van der Waals surface area contributed by atoms with Gasteiger partial charge in [0.05, 0.1) is 10.1 Å². The maximum absolute atomic E-state index is 4.40. The van der Waals surface area contributed by atoms with Crippen LogP contribution in [0, 0.1) is 6.92 Å². The van der Waals surface area contributed by atoms with E-state index in [1.54, 1.807) is 17.7 Å². The number of nitrogens with zero attached hydrogens (tertiary/aromatic N) is 3. The predicted octanol–water partition coefficient (Wildman–Crippen LogP) is 3.10. The summed E-state index contributed by atoms with van der Waals surface area (Å²) in [4.78, 5) is 15.9. The van der Waals surface area contributed by atoms with Crippen LogP contribution in [0.25, 0.3) is 11.2 Å². The van der Waals surface area contributed by atoms with Crippen molar-refractivity contribution in [3.05, 3.63) is 32.9 Å². The van der Waals surface area contributed by atoms with Gasteiger partial charge in [-0.25, -0.2) is 15.0 Å². The van der Waals surface area contributed by atoms with Gasteiger partial charge in [-0.1, -0.05) is 0 Å². The third kappa shape index (κ3) is 2.11. The first-order chi connectivity index (χ1) is 8.74. The molecule has 0 saturated heterocycles. The van der Waals surface area contributed by atoms with Gasteiger partial charge in [0.1, 0.15) is 11.3 Å². The lowest BCUT2D eigenvalue weighted by Gasteiger charge is -2.06. The van der Waals surface area contributed by atoms with E-state index in [2.05, 4.69) is 52.6 Å². The molecule has 18 heavy (non-hydrogen) atoms. The molecule has 3 rings (SSSR count). The Labute approximate surface area is 116 Å². The highest BCUT2D eigenvalue weighted by atomic mass is 79.9. The Hall–Kier alpha value is -1.47. The number of aromatic nitrogens is 4. The normalized spacial score (nSPS) is 11.0. The Morgan fingerprint density at radius 3 is 3.11 bits per heavy atom. The second-order valence-corrected chi connectivity index (χ2v) is 6.03. The largest absolute Gasteiger partial charge is 0.364 e. The zero-order valence-corrected chi connectivity index (χ0v) is 12.0. The summed E-state index contributed by atoms with van der Waals surface area (Å²) in [5, 5.41) is 5.37. The zero-order valence-electron chi connectivity index (χ0n) is 9.57. The summed E-state index contributed by atoms with van der Waals surface area (Å²) in [6, 6.07) is 2.08. The molecule has 0 atom stereocenters. The molecule has 0 spiro atoms. The summed E-state index contributed by atoms with van der Waals surface area (Å²) in [5.41, 5.74) is 2.74. The van der Waals surface area contributed by atoms with E-state index in [9.17, 15) is 0 Å². The number of rotatable bonds is 3. The fourth-order valence-corrected chi connectivity index (χ4v) is 2.93. The molecule has 0 amide bonds. The number of hydrogen-bond acceptors (Lipinski definition) is 5. The molecule has 0 aromatic carbocycles. The molecule has 2 N–H and O–H groups in total. The Morgan fingerprint density at radius 1 is 1.44 bits per heavy atom. The molecule has 0 aliphatic heterocycles. The fraction of sp³-hybridized carbons (Fsp3) is 0.182. The molecule has 3 aromatic heterocycles. The first-order valence-corrected chi connectivity index (χ1v) is 7.05. The van der Waals surface area contributed by atoms with Crippen LogP contribution in [0.3, 0.4) is 0 Å². The van der Waals surface area contributed by atoms with Crippen LogP contribution >= 0.6 is 27.3 Å². The third-order valence-electron chi connectivity index (χ3n) is 2.54. The van der Waals surface area contributed by atoms with Gasteiger partial charge in [0, 0.05) is 6.54 Å². The molecule has 3 heterocycles. The van der Waals surface area contributed by atoms with Crippen molar-refractivity contribution in [1.29, 1.82) is 0 Å². The Balaban J connectivity index is 1.90. The lowest BCUT2D eigenvalue weighted by Crippen LogP contribution is -2.03. The van der Waals surface area contributed by atoms with E-state index in [0.717, 1.165) is 15.1 Å². The van der Waals surface area contributed by atoms with Gasteiger partial charge in [-0.2, -0.15) is 0 Å². The molecule has 5 nitrogen and oxygen atoms in total. The predicted molar refractivity (Wildman–Crippen MR) is 75.8 cm³/mol. The highest BCUT2D eigenvalue weighted by Gasteiger charge is 2.08. The second-order valence-electron chi connectivity index (χ2n) is 3.79. The van der Waals surface area contributed by atoms with Crippen LogP contribution in [0.2, 0.25) is 0 Å². The van der Waals surface area contributed by atoms with E-state index in [0.29, 0.717) is 18.0 Å². The SMILES string of the molecule is Cc1nc(NCc2ccsc2Br)c2[nH]cnc2n1. The highest BCUT2D eigenvalue weighted by molar-refractivity contribution is 9.11. The zero-order chi connectivity index (χ0) is 12.5. The van der Waals surface area contributed by atoms with E-state index in [4.69, 9.17) is 0 Å². The molecule has 3 aromatic rings. The van der Waals surface area contributed by atoms with Crippen molar-refractivity contribution in [2.24, 2.45) is 0 Å². The summed E-state index contributed by atoms with van der Waals surface area (Å²) < 4.78 is 1.14. The van der Waals surface area contributed by atoms with Crippen LogP contribution in [-0.4, -0.2) is 19.9 Å². The van der Waals surface area contributed by atoms with Gasteiger partial charge in [0.2, 0.25) is 0 Å².